The number of hydrogen-bond acceptors (Lipinski definition) is 4. The van der Waals surface area contributed by atoms with E-state index in [2.05, 4.69) is 12.1 Å². The molecule has 162 valence electrons. The molecular formula is C23H30N2O4S. The van der Waals surface area contributed by atoms with Gasteiger partial charge in [-0.3, -0.25) is 9.10 Å². The van der Waals surface area contributed by atoms with E-state index in [1.807, 2.05) is 24.3 Å². The molecule has 1 atom stereocenters. The van der Waals surface area contributed by atoms with Gasteiger partial charge >= 0.3 is 16.2 Å². The third-order valence-corrected chi connectivity index (χ3v) is 7.37. The van der Waals surface area contributed by atoms with Crippen molar-refractivity contribution in [3.05, 3.63) is 66.2 Å². The van der Waals surface area contributed by atoms with Gasteiger partial charge in [-0.25, -0.2) is 0 Å². The molecule has 0 unspecified atom stereocenters. The van der Waals surface area contributed by atoms with Crippen LogP contribution in [0.15, 0.2) is 60.7 Å². The zero-order chi connectivity index (χ0) is 21.4. The maximum atomic E-state index is 13.2. The topological polar surface area (TPSA) is 66.9 Å². The van der Waals surface area contributed by atoms with Crippen molar-refractivity contribution in [1.82, 2.24) is 4.31 Å². The molecule has 0 bridgehead atoms. The molecule has 1 heterocycles. The third kappa shape index (κ3) is 5.61. The Labute approximate surface area is 179 Å². The van der Waals surface area contributed by atoms with Gasteiger partial charge in [0.1, 0.15) is 6.04 Å². The summed E-state index contributed by atoms with van der Waals surface area (Å²) in [5.41, 5.74) is 1.83. The largest absolute Gasteiger partial charge is 0.464 e. The van der Waals surface area contributed by atoms with Crippen LogP contribution in [-0.4, -0.2) is 44.9 Å². The molecule has 0 N–H and O–H groups in total. The molecule has 0 aliphatic carbocycles. The average molecular weight is 431 g/mol. The van der Waals surface area contributed by atoms with Crippen LogP contribution >= 0.6 is 0 Å². The van der Waals surface area contributed by atoms with Crippen LogP contribution in [0.5, 0.6) is 0 Å². The van der Waals surface area contributed by atoms with E-state index >= 15 is 0 Å². The highest BCUT2D eigenvalue weighted by atomic mass is 32.2. The molecule has 2 aromatic rings. The summed E-state index contributed by atoms with van der Waals surface area (Å²) in [5, 5.41) is 0. The summed E-state index contributed by atoms with van der Waals surface area (Å²) in [5.74, 6) is -0.445. The number of piperidine rings is 1. The molecule has 3 rings (SSSR count). The van der Waals surface area contributed by atoms with Crippen LogP contribution in [0.1, 0.15) is 37.7 Å². The second kappa shape index (κ2) is 10.6. The van der Waals surface area contributed by atoms with E-state index in [4.69, 9.17) is 4.74 Å². The highest BCUT2D eigenvalue weighted by Gasteiger charge is 2.39. The number of anilines is 1. The van der Waals surface area contributed by atoms with E-state index in [0.717, 1.165) is 32.1 Å². The number of benzene rings is 2. The summed E-state index contributed by atoms with van der Waals surface area (Å²) in [6.07, 6.45) is 4.65. The molecule has 0 radical (unpaired) electrons. The van der Waals surface area contributed by atoms with E-state index < -0.39 is 22.2 Å². The molecular weight excluding hydrogens is 400 g/mol. The minimum Gasteiger partial charge on any atom is -0.464 e. The number of aryl methyl sites for hydroxylation is 1. The molecule has 2 aromatic carbocycles. The fourth-order valence-corrected chi connectivity index (χ4v) is 5.27. The average Bonchev–Trinajstić information content (AvgIpc) is 2.79. The standard InChI is InChI=1S/C23H30N2O4S/c1-24(21-15-6-3-7-16-21)30(27,28)25-18-10-8-17-22(25)23(26)29-19-11-9-14-20-12-4-2-5-13-20/h2-7,12-13,15-16,22H,8-11,14,17-19H2,1H3/t22-/m0/s1. The lowest BCUT2D eigenvalue weighted by Gasteiger charge is -2.36. The van der Waals surface area contributed by atoms with Crippen molar-refractivity contribution in [2.24, 2.45) is 0 Å². The van der Waals surface area contributed by atoms with Gasteiger partial charge in [-0.2, -0.15) is 12.7 Å². The Hall–Kier alpha value is -2.38. The van der Waals surface area contributed by atoms with E-state index in [-0.39, 0.29) is 0 Å². The molecule has 1 saturated heterocycles. The number of rotatable bonds is 9. The van der Waals surface area contributed by atoms with Crippen molar-refractivity contribution < 1.29 is 17.9 Å². The smallest absolute Gasteiger partial charge is 0.324 e. The molecule has 1 aliphatic rings. The molecule has 0 aromatic heterocycles. The number of carbonyl (C=O) groups excluding carboxylic acids is 1. The van der Waals surface area contributed by atoms with Gasteiger partial charge in [0, 0.05) is 13.6 Å². The van der Waals surface area contributed by atoms with Crippen molar-refractivity contribution >= 4 is 21.9 Å². The molecule has 1 aliphatic heterocycles. The Kier molecular flexibility index (Phi) is 7.87. The molecule has 0 amide bonds. The maximum Gasteiger partial charge on any atom is 0.324 e. The van der Waals surface area contributed by atoms with Crippen molar-refractivity contribution in [1.29, 1.82) is 0 Å². The Morgan fingerprint density at radius 1 is 1.03 bits per heavy atom. The van der Waals surface area contributed by atoms with Crippen LogP contribution in [0.25, 0.3) is 0 Å². The summed E-state index contributed by atoms with van der Waals surface area (Å²) in [6, 6.07) is 18.3. The zero-order valence-electron chi connectivity index (χ0n) is 17.4. The SMILES string of the molecule is CN(c1ccccc1)S(=O)(=O)N1CCCC[C@H]1C(=O)OCCCCc1ccccc1. The van der Waals surface area contributed by atoms with E-state index in [1.54, 1.807) is 24.3 Å². The highest BCUT2D eigenvalue weighted by molar-refractivity contribution is 7.90. The van der Waals surface area contributed by atoms with Crippen LogP contribution in [0, 0.1) is 0 Å². The van der Waals surface area contributed by atoms with Gasteiger partial charge in [0.25, 0.3) is 0 Å². The first-order chi connectivity index (χ1) is 14.5. The maximum absolute atomic E-state index is 13.2. The normalized spacial score (nSPS) is 17.4. The summed E-state index contributed by atoms with van der Waals surface area (Å²) in [7, 11) is -2.30. The lowest BCUT2D eigenvalue weighted by Crippen LogP contribution is -2.53. The predicted molar refractivity (Wildman–Crippen MR) is 118 cm³/mol. The van der Waals surface area contributed by atoms with Gasteiger partial charge in [-0.1, -0.05) is 48.5 Å². The minimum absolute atomic E-state index is 0.310. The number of unbranched alkanes of at least 4 members (excludes halogenated alkanes) is 1. The number of carbonyl (C=O) groups is 1. The van der Waals surface area contributed by atoms with Gasteiger partial charge in [0.15, 0.2) is 0 Å². The Morgan fingerprint density at radius 2 is 1.70 bits per heavy atom. The fraction of sp³-hybridized carbons (Fsp3) is 0.435. The summed E-state index contributed by atoms with van der Waals surface area (Å²) < 4.78 is 34.4. The van der Waals surface area contributed by atoms with Gasteiger partial charge in [0.05, 0.1) is 12.3 Å². The number of nitrogens with zero attached hydrogens (tertiary/aromatic N) is 2. The monoisotopic (exact) mass is 430 g/mol. The first-order valence-corrected chi connectivity index (χ1v) is 11.9. The lowest BCUT2D eigenvalue weighted by atomic mass is 10.1. The fourth-order valence-electron chi connectivity index (χ4n) is 3.69. The quantitative estimate of drug-likeness (QED) is 0.448. The molecule has 7 heteroatoms. The summed E-state index contributed by atoms with van der Waals surface area (Å²) in [6.45, 7) is 0.637. The van der Waals surface area contributed by atoms with Gasteiger partial charge < -0.3 is 4.74 Å². The van der Waals surface area contributed by atoms with Gasteiger partial charge in [-0.15, -0.1) is 0 Å². The van der Waals surface area contributed by atoms with Crippen LogP contribution < -0.4 is 4.31 Å². The molecule has 1 fully saturated rings. The third-order valence-electron chi connectivity index (χ3n) is 5.43. The predicted octanol–water partition coefficient (Wildman–Crippen LogP) is 3.79. The first-order valence-electron chi connectivity index (χ1n) is 10.5. The molecule has 30 heavy (non-hydrogen) atoms. The second-order valence-corrected chi connectivity index (χ2v) is 9.46. The van der Waals surface area contributed by atoms with Gasteiger partial charge in [0.2, 0.25) is 0 Å². The zero-order valence-corrected chi connectivity index (χ0v) is 18.3. The second-order valence-electron chi connectivity index (χ2n) is 7.54. The Morgan fingerprint density at radius 3 is 2.40 bits per heavy atom. The molecule has 0 spiro atoms. The highest BCUT2D eigenvalue weighted by Crippen LogP contribution is 2.26. The van der Waals surface area contributed by atoms with Crippen LogP contribution in [0.4, 0.5) is 5.69 Å². The van der Waals surface area contributed by atoms with Crippen LogP contribution in [0.3, 0.4) is 0 Å². The van der Waals surface area contributed by atoms with Crippen molar-refractivity contribution in [2.45, 2.75) is 44.6 Å². The summed E-state index contributed by atoms with van der Waals surface area (Å²) in [4.78, 5) is 12.7. The van der Waals surface area contributed by atoms with E-state index in [0.29, 0.717) is 25.3 Å². The van der Waals surface area contributed by atoms with Gasteiger partial charge in [-0.05, 0) is 56.2 Å². The van der Waals surface area contributed by atoms with E-state index in [1.165, 1.54) is 21.2 Å². The van der Waals surface area contributed by atoms with Crippen LogP contribution in [0.2, 0.25) is 0 Å². The van der Waals surface area contributed by atoms with E-state index in [9.17, 15) is 13.2 Å². The Bertz CT molecular complexity index is 903. The number of para-hydroxylation sites is 1. The number of ether oxygens (including phenoxy) is 1. The number of hydrogen-bond donors (Lipinski definition) is 0. The Balaban J connectivity index is 1.55. The van der Waals surface area contributed by atoms with Crippen molar-refractivity contribution in [2.75, 3.05) is 24.5 Å². The summed E-state index contributed by atoms with van der Waals surface area (Å²) >= 11 is 0. The van der Waals surface area contributed by atoms with Crippen molar-refractivity contribution in [3.63, 3.8) is 0 Å². The van der Waals surface area contributed by atoms with Crippen molar-refractivity contribution in [3.8, 4) is 0 Å². The first kappa shape index (κ1) is 22.3. The molecule has 0 saturated carbocycles. The van der Waals surface area contributed by atoms with Crippen LogP contribution in [-0.2, 0) is 26.2 Å². The lowest BCUT2D eigenvalue weighted by molar-refractivity contribution is -0.149. The minimum atomic E-state index is -3.81. The number of esters is 1. The molecule has 6 nitrogen and oxygen atoms in total.